The van der Waals surface area contributed by atoms with Crippen LogP contribution in [0.25, 0.3) is 21.8 Å². The second-order valence-corrected chi connectivity index (χ2v) is 7.24. The first-order valence-electron chi connectivity index (χ1n) is 9.32. The first-order valence-corrected chi connectivity index (χ1v) is 9.32. The molecular weight excluding hydrogens is 334 g/mol. The van der Waals surface area contributed by atoms with Gasteiger partial charge in [0.05, 0.1) is 23.5 Å². The van der Waals surface area contributed by atoms with E-state index < -0.39 is 0 Å². The van der Waals surface area contributed by atoms with E-state index in [1.54, 1.807) is 0 Å². The molecule has 0 aliphatic rings. The Hall–Kier alpha value is -3.14. The van der Waals surface area contributed by atoms with E-state index in [1.807, 2.05) is 48.5 Å². The number of hydrogen-bond acceptors (Lipinski definition) is 2. The minimum Gasteiger partial charge on any atom is -0.346 e. The fourth-order valence-corrected chi connectivity index (χ4v) is 3.51. The van der Waals surface area contributed by atoms with Crippen LogP contribution in [0.1, 0.15) is 31.3 Å². The van der Waals surface area contributed by atoms with E-state index in [0.29, 0.717) is 6.42 Å². The lowest BCUT2D eigenvalue weighted by molar-refractivity contribution is -0.121. The Balaban J connectivity index is 1.57. The van der Waals surface area contributed by atoms with Crippen molar-refractivity contribution >= 4 is 27.7 Å². The van der Waals surface area contributed by atoms with Gasteiger partial charge in [-0.05, 0) is 34.4 Å². The largest absolute Gasteiger partial charge is 0.346 e. The summed E-state index contributed by atoms with van der Waals surface area (Å²) in [6.45, 7) is 4.19. The summed E-state index contributed by atoms with van der Waals surface area (Å²) in [6.07, 6.45) is 0.352. The molecule has 1 aromatic heterocycles. The molecule has 4 heteroatoms. The van der Waals surface area contributed by atoms with Crippen LogP contribution in [-0.2, 0) is 11.2 Å². The van der Waals surface area contributed by atoms with Gasteiger partial charge in [-0.2, -0.15) is 0 Å². The molecule has 0 aliphatic heterocycles. The van der Waals surface area contributed by atoms with E-state index in [1.165, 1.54) is 0 Å². The third kappa shape index (κ3) is 3.56. The number of para-hydroxylation sites is 2. The maximum Gasteiger partial charge on any atom is 0.225 e. The molecule has 27 heavy (non-hydrogen) atoms. The molecule has 4 aromatic rings. The van der Waals surface area contributed by atoms with Crippen molar-refractivity contribution in [2.75, 3.05) is 0 Å². The van der Waals surface area contributed by atoms with Crippen LogP contribution in [0.5, 0.6) is 0 Å². The third-order valence-electron chi connectivity index (χ3n) is 4.92. The number of nitrogens with zero attached hydrogens (tertiary/aromatic N) is 1. The predicted octanol–water partition coefficient (Wildman–Crippen LogP) is 4.77. The van der Waals surface area contributed by atoms with Gasteiger partial charge in [0.2, 0.25) is 5.91 Å². The second-order valence-electron chi connectivity index (χ2n) is 7.24. The van der Waals surface area contributed by atoms with Crippen molar-refractivity contribution in [2.45, 2.75) is 26.3 Å². The van der Waals surface area contributed by atoms with Crippen LogP contribution in [0.4, 0.5) is 0 Å². The Morgan fingerprint density at radius 3 is 2.56 bits per heavy atom. The molecule has 0 unspecified atom stereocenters. The highest BCUT2D eigenvalue weighted by atomic mass is 16.1. The maximum absolute atomic E-state index is 12.8. The van der Waals surface area contributed by atoms with Gasteiger partial charge in [-0.15, -0.1) is 0 Å². The maximum atomic E-state index is 12.8. The molecule has 0 saturated carbocycles. The molecule has 136 valence electrons. The minimum absolute atomic E-state index is 0.00510. The number of amides is 1. The van der Waals surface area contributed by atoms with Gasteiger partial charge in [-0.25, -0.2) is 4.98 Å². The summed E-state index contributed by atoms with van der Waals surface area (Å²) in [6, 6.07) is 22.0. The smallest absolute Gasteiger partial charge is 0.225 e. The number of aromatic nitrogens is 2. The second kappa shape index (κ2) is 7.23. The number of fused-ring (bicyclic) bond motifs is 2. The van der Waals surface area contributed by atoms with E-state index in [2.05, 4.69) is 47.3 Å². The number of carbonyl (C=O) groups is 1. The molecular formula is C23H23N3O. The summed E-state index contributed by atoms with van der Waals surface area (Å²) < 4.78 is 0. The number of nitrogens with one attached hydrogen (secondary N) is 2. The number of aromatic amines is 1. The summed E-state index contributed by atoms with van der Waals surface area (Å²) in [5, 5.41) is 5.45. The predicted molar refractivity (Wildman–Crippen MR) is 109 cm³/mol. The van der Waals surface area contributed by atoms with Crippen molar-refractivity contribution in [1.29, 1.82) is 0 Å². The highest BCUT2D eigenvalue weighted by Gasteiger charge is 2.22. The summed E-state index contributed by atoms with van der Waals surface area (Å²) in [4.78, 5) is 20.8. The number of benzene rings is 3. The summed E-state index contributed by atoms with van der Waals surface area (Å²) in [5.74, 6) is 1.03. The van der Waals surface area contributed by atoms with Gasteiger partial charge in [0.25, 0.3) is 0 Å². The van der Waals surface area contributed by atoms with Crippen LogP contribution in [0.3, 0.4) is 0 Å². The number of imidazole rings is 1. The van der Waals surface area contributed by atoms with Crippen LogP contribution < -0.4 is 5.32 Å². The van der Waals surface area contributed by atoms with Crippen LogP contribution in [0.2, 0.25) is 0 Å². The van der Waals surface area contributed by atoms with E-state index in [4.69, 9.17) is 0 Å². The SMILES string of the molecule is CC(C)[C@H](NC(=O)Cc1cccc2ccccc12)c1nc2ccccc2[nH]1. The van der Waals surface area contributed by atoms with E-state index in [0.717, 1.165) is 33.2 Å². The van der Waals surface area contributed by atoms with Crippen LogP contribution >= 0.6 is 0 Å². The normalized spacial score (nSPS) is 12.6. The van der Waals surface area contributed by atoms with Crippen molar-refractivity contribution in [1.82, 2.24) is 15.3 Å². The van der Waals surface area contributed by atoms with Gasteiger partial charge in [0.15, 0.2) is 0 Å². The summed E-state index contributed by atoms with van der Waals surface area (Å²) >= 11 is 0. The fraction of sp³-hybridized carbons (Fsp3) is 0.217. The number of rotatable bonds is 5. The van der Waals surface area contributed by atoms with E-state index in [9.17, 15) is 4.79 Å². The summed E-state index contributed by atoms with van der Waals surface area (Å²) in [7, 11) is 0. The number of H-pyrrole nitrogens is 1. The van der Waals surface area contributed by atoms with Crippen molar-refractivity contribution in [3.8, 4) is 0 Å². The molecule has 1 heterocycles. The average Bonchev–Trinajstić information content (AvgIpc) is 3.10. The first-order chi connectivity index (χ1) is 13.1. The molecule has 4 nitrogen and oxygen atoms in total. The molecule has 1 atom stereocenters. The van der Waals surface area contributed by atoms with Crippen LogP contribution in [0, 0.1) is 5.92 Å². The highest BCUT2D eigenvalue weighted by molar-refractivity contribution is 5.90. The van der Waals surface area contributed by atoms with Crippen molar-refractivity contribution in [2.24, 2.45) is 5.92 Å². The molecule has 0 aliphatic carbocycles. The van der Waals surface area contributed by atoms with Gasteiger partial charge in [0, 0.05) is 0 Å². The van der Waals surface area contributed by atoms with Gasteiger partial charge >= 0.3 is 0 Å². The molecule has 0 saturated heterocycles. The standard InChI is InChI=1S/C23H23N3O/c1-15(2)22(23-24-19-12-5-6-13-20(19)25-23)26-21(27)14-17-10-7-9-16-8-3-4-11-18(16)17/h3-13,15,22H,14H2,1-2H3,(H,24,25)(H,26,27)/t22-/m0/s1. The molecule has 3 aromatic carbocycles. The lowest BCUT2D eigenvalue weighted by Gasteiger charge is -2.20. The van der Waals surface area contributed by atoms with Gasteiger partial charge in [-0.3, -0.25) is 4.79 Å². The number of carbonyl (C=O) groups excluding carboxylic acids is 1. The molecule has 0 fully saturated rings. The lowest BCUT2D eigenvalue weighted by atomic mass is 10.0. The van der Waals surface area contributed by atoms with Crippen molar-refractivity contribution in [3.63, 3.8) is 0 Å². The zero-order chi connectivity index (χ0) is 18.8. The Labute approximate surface area is 158 Å². The van der Waals surface area contributed by atoms with Gasteiger partial charge in [-0.1, -0.05) is 68.4 Å². The van der Waals surface area contributed by atoms with Crippen LogP contribution in [-0.4, -0.2) is 15.9 Å². The quantitative estimate of drug-likeness (QED) is 0.540. The van der Waals surface area contributed by atoms with Gasteiger partial charge in [0.1, 0.15) is 5.82 Å². The molecule has 0 spiro atoms. The van der Waals surface area contributed by atoms with Crippen LogP contribution in [0.15, 0.2) is 66.7 Å². The zero-order valence-corrected chi connectivity index (χ0v) is 15.6. The first kappa shape index (κ1) is 17.3. The molecule has 2 N–H and O–H groups in total. The van der Waals surface area contributed by atoms with Crippen molar-refractivity contribution < 1.29 is 4.79 Å². The Morgan fingerprint density at radius 1 is 1.00 bits per heavy atom. The Kier molecular flexibility index (Phi) is 4.63. The Morgan fingerprint density at radius 2 is 1.74 bits per heavy atom. The molecule has 4 rings (SSSR count). The van der Waals surface area contributed by atoms with E-state index in [-0.39, 0.29) is 17.9 Å². The topological polar surface area (TPSA) is 57.8 Å². The molecule has 0 radical (unpaired) electrons. The average molecular weight is 357 g/mol. The number of hydrogen-bond donors (Lipinski definition) is 2. The summed E-state index contributed by atoms with van der Waals surface area (Å²) in [5.41, 5.74) is 2.95. The molecule has 0 bridgehead atoms. The minimum atomic E-state index is -0.153. The third-order valence-corrected chi connectivity index (χ3v) is 4.92. The highest BCUT2D eigenvalue weighted by Crippen LogP contribution is 2.23. The van der Waals surface area contributed by atoms with Crippen molar-refractivity contribution in [3.05, 3.63) is 78.1 Å². The van der Waals surface area contributed by atoms with Gasteiger partial charge < -0.3 is 10.3 Å². The van der Waals surface area contributed by atoms with E-state index >= 15 is 0 Å². The molecule has 1 amide bonds. The monoisotopic (exact) mass is 357 g/mol. The Bertz CT molecular complexity index is 1060. The zero-order valence-electron chi connectivity index (χ0n) is 15.6. The fourth-order valence-electron chi connectivity index (χ4n) is 3.51. The lowest BCUT2D eigenvalue weighted by Crippen LogP contribution is -2.33.